The van der Waals surface area contributed by atoms with Gasteiger partial charge in [-0.05, 0) is 24.6 Å². The summed E-state index contributed by atoms with van der Waals surface area (Å²) in [5.41, 5.74) is -0.104. The van der Waals surface area contributed by atoms with Crippen LogP contribution in [0.25, 0.3) is 0 Å². The number of hydrogen-bond donors (Lipinski definition) is 1. The maximum Gasteiger partial charge on any atom is 0.309 e. The third-order valence-corrected chi connectivity index (χ3v) is 5.01. The first kappa shape index (κ1) is 16.5. The van der Waals surface area contributed by atoms with Crippen LogP contribution in [0.2, 0.25) is 5.22 Å². The van der Waals surface area contributed by atoms with Crippen LogP contribution in [0.3, 0.4) is 0 Å². The molecule has 1 aromatic heterocycles. The molecule has 0 bridgehead atoms. The van der Waals surface area contributed by atoms with Gasteiger partial charge in [0.1, 0.15) is 0 Å². The zero-order valence-corrected chi connectivity index (χ0v) is 12.6. The highest BCUT2D eigenvalue weighted by Crippen LogP contribution is 2.18. The molecule has 0 unspecified atom stereocenters. The summed E-state index contributed by atoms with van der Waals surface area (Å²) in [5.74, 6) is -2.53. The zero-order chi connectivity index (χ0) is 15.5. The lowest BCUT2D eigenvalue weighted by Crippen LogP contribution is -2.42. The Kier molecular flexibility index (Phi) is 5.18. The number of carbonyl (C=O) groups is 2. The fourth-order valence-corrected chi connectivity index (χ4v) is 2.78. The quantitative estimate of drug-likeness (QED) is 0.816. The summed E-state index contributed by atoms with van der Waals surface area (Å²) in [6, 6.07) is 1.24. The van der Waals surface area contributed by atoms with E-state index < -0.39 is 33.1 Å². The molecule has 1 heterocycles. The molecule has 0 aliphatic carbocycles. The molecule has 1 N–H and O–H groups in total. The van der Waals surface area contributed by atoms with E-state index in [0.717, 1.165) is 13.4 Å². The molecule has 2 atom stereocenters. The van der Waals surface area contributed by atoms with E-state index in [2.05, 4.69) is 4.74 Å². The monoisotopic (exact) mass is 323 g/mol. The zero-order valence-electron chi connectivity index (χ0n) is 11.0. The number of esters is 1. The Morgan fingerprint density at radius 1 is 1.40 bits per heavy atom. The molecular weight excluding hydrogens is 310 g/mol. The third kappa shape index (κ3) is 3.51. The van der Waals surface area contributed by atoms with Crippen LogP contribution >= 0.6 is 11.6 Å². The Balaban J connectivity index is 2.88. The molecule has 0 radical (unpaired) electrons. The van der Waals surface area contributed by atoms with Gasteiger partial charge in [-0.15, -0.1) is 0 Å². The van der Waals surface area contributed by atoms with E-state index in [1.165, 1.54) is 19.9 Å². The number of ether oxygens (including phenoxy) is 1. The first-order valence-electron chi connectivity index (χ1n) is 5.57. The number of halogens is 1. The van der Waals surface area contributed by atoms with Crippen molar-refractivity contribution in [2.75, 3.05) is 7.11 Å². The topological polar surface area (TPSA) is 103 Å². The summed E-state index contributed by atoms with van der Waals surface area (Å²) in [6.45, 7) is 2.69. The van der Waals surface area contributed by atoms with Crippen LogP contribution in [0.5, 0.6) is 0 Å². The fourth-order valence-electron chi connectivity index (χ4n) is 1.38. The molecule has 112 valence electrons. The molecular formula is C11H14ClNO6S. The summed E-state index contributed by atoms with van der Waals surface area (Å²) in [4.78, 5) is 23.1. The van der Waals surface area contributed by atoms with Crippen LogP contribution in [-0.4, -0.2) is 32.7 Å². The molecule has 7 nitrogen and oxygen atoms in total. The van der Waals surface area contributed by atoms with Gasteiger partial charge in [0.05, 0.1) is 30.1 Å². The number of sulfonamides is 1. The van der Waals surface area contributed by atoms with E-state index in [0.29, 0.717) is 0 Å². The number of amides is 1. The molecule has 1 aromatic rings. The third-order valence-electron chi connectivity index (χ3n) is 2.86. The van der Waals surface area contributed by atoms with Gasteiger partial charge in [0.25, 0.3) is 5.91 Å². The number of rotatable bonds is 5. The van der Waals surface area contributed by atoms with Crippen LogP contribution < -0.4 is 4.72 Å². The van der Waals surface area contributed by atoms with Crippen molar-refractivity contribution in [2.45, 2.75) is 19.1 Å². The van der Waals surface area contributed by atoms with Gasteiger partial charge in [-0.3, -0.25) is 9.59 Å². The highest BCUT2D eigenvalue weighted by atomic mass is 35.5. The molecule has 0 aliphatic heterocycles. The van der Waals surface area contributed by atoms with Crippen molar-refractivity contribution in [1.82, 2.24) is 4.72 Å². The van der Waals surface area contributed by atoms with Crippen molar-refractivity contribution in [3.05, 3.63) is 23.1 Å². The molecule has 1 rings (SSSR count). The Morgan fingerprint density at radius 3 is 2.45 bits per heavy atom. The molecule has 0 spiro atoms. The Hall–Kier alpha value is -1.54. The first-order chi connectivity index (χ1) is 9.20. The smallest absolute Gasteiger partial charge is 0.309 e. The fraction of sp³-hybridized carbons (Fsp3) is 0.455. The minimum atomic E-state index is -4.06. The van der Waals surface area contributed by atoms with Gasteiger partial charge < -0.3 is 9.15 Å². The van der Waals surface area contributed by atoms with Gasteiger partial charge in [0.15, 0.2) is 0 Å². The van der Waals surface area contributed by atoms with E-state index in [-0.39, 0.29) is 10.8 Å². The maximum atomic E-state index is 12.0. The summed E-state index contributed by atoms with van der Waals surface area (Å²) < 4.78 is 35.0. The minimum Gasteiger partial charge on any atom is -0.469 e. The second kappa shape index (κ2) is 6.27. The molecule has 0 aliphatic rings. The van der Waals surface area contributed by atoms with Crippen molar-refractivity contribution in [1.29, 1.82) is 0 Å². The van der Waals surface area contributed by atoms with Gasteiger partial charge in [-0.25, -0.2) is 13.1 Å². The lowest BCUT2D eigenvalue weighted by Gasteiger charge is -2.18. The van der Waals surface area contributed by atoms with Crippen LogP contribution in [-0.2, 0) is 19.6 Å². The minimum absolute atomic E-state index is 0.104. The van der Waals surface area contributed by atoms with Gasteiger partial charge >= 0.3 is 5.97 Å². The summed E-state index contributed by atoms with van der Waals surface area (Å²) in [5, 5.41) is -1.36. The Bertz CT molecular complexity index is 608. The predicted octanol–water partition coefficient (Wildman–Crippen LogP) is 1.19. The number of carbonyl (C=O) groups excluding carboxylic acids is 2. The molecule has 0 fully saturated rings. The Labute approximate surface area is 121 Å². The number of methoxy groups -OCH3 is 1. The maximum absolute atomic E-state index is 12.0. The Morgan fingerprint density at radius 2 is 2.00 bits per heavy atom. The van der Waals surface area contributed by atoms with Gasteiger partial charge in [0.2, 0.25) is 15.2 Å². The standard InChI is InChI=1S/C11H14ClNO6S/c1-6(11(15)18-3)7(2)20(16,17)13-10(14)8-4-5-19-9(8)12/h4-7H,1-3H3,(H,13,14)/t6-,7+/m1/s1. The average Bonchev–Trinajstić information content (AvgIpc) is 2.81. The largest absolute Gasteiger partial charge is 0.469 e. The van der Waals surface area contributed by atoms with Crippen molar-refractivity contribution in [2.24, 2.45) is 5.92 Å². The lowest BCUT2D eigenvalue weighted by atomic mass is 10.1. The first-order valence-corrected chi connectivity index (χ1v) is 7.50. The van der Waals surface area contributed by atoms with Crippen LogP contribution in [0, 0.1) is 5.92 Å². The van der Waals surface area contributed by atoms with E-state index >= 15 is 0 Å². The molecule has 0 saturated heterocycles. The highest BCUT2D eigenvalue weighted by Gasteiger charge is 2.33. The van der Waals surface area contributed by atoms with E-state index in [1.807, 2.05) is 4.72 Å². The van der Waals surface area contributed by atoms with Crippen LogP contribution in [0.15, 0.2) is 16.7 Å². The van der Waals surface area contributed by atoms with E-state index in [9.17, 15) is 18.0 Å². The predicted molar refractivity (Wildman–Crippen MR) is 70.7 cm³/mol. The average molecular weight is 324 g/mol. The molecule has 20 heavy (non-hydrogen) atoms. The number of nitrogens with one attached hydrogen (secondary N) is 1. The van der Waals surface area contributed by atoms with Gasteiger partial charge in [-0.2, -0.15) is 0 Å². The van der Waals surface area contributed by atoms with Crippen molar-refractivity contribution < 1.29 is 27.2 Å². The highest BCUT2D eigenvalue weighted by molar-refractivity contribution is 7.90. The second-order valence-corrected chi connectivity index (χ2v) is 6.48. The summed E-state index contributed by atoms with van der Waals surface area (Å²) >= 11 is 5.58. The van der Waals surface area contributed by atoms with Gasteiger partial charge in [0, 0.05) is 0 Å². The normalized spacial score (nSPS) is 14.4. The number of hydrogen-bond acceptors (Lipinski definition) is 6. The SMILES string of the molecule is COC(=O)[C@H](C)[C@H](C)S(=O)(=O)NC(=O)c1ccoc1Cl. The summed E-state index contributed by atoms with van der Waals surface area (Å²) in [6.07, 6.45) is 1.16. The second-order valence-electron chi connectivity index (χ2n) is 4.10. The van der Waals surface area contributed by atoms with Crippen LogP contribution in [0.4, 0.5) is 0 Å². The number of furan rings is 1. The van der Waals surface area contributed by atoms with E-state index in [4.69, 9.17) is 16.0 Å². The molecule has 1 amide bonds. The summed E-state index contributed by atoms with van der Waals surface area (Å²) in [7, 11) is -2.90. The van der Waals surface area contributed by atoms with Crippen molar-refractivity contribution in [3.8, 4) is 0 Å². The van der Waals surface area contributed by atoms with Crippen LogP contribution in [0.1, 0.15) is 24.2 Å². The van der Waals surface area contributed by atoms with Crippen molar-refractivity contribution >= 4 is 33.5 Å². The molecule has 0 saturated carbocycles. The van der Waals surface area contributed by atoms with Gasteiger partial charge in [-0.1, -0.05) is 6.92 Å². The molecule has 9 heteroatoms. The molecule has 0 aromatic carbocycles. The lowest BCUT2D eigenvalue weighted by molar-refractivity contribution is -0.144. The van der Waals surface area contributed by atoms with E-state index in [1.54, 1.807) is 0 Å². The van der Waals surface area contributed by atoms with Crippen molar-refractivity contribution in [3.63, 3.8) is 0 Å².